The van der Waals surface area contributed by atoms with Gasteiger partial charge in [0, 0.05) is 28.1 Å². The first-order chi connectivity index (χ1) is 23.1. The smallest absolute Gasteiger partial charge is 0.272 e. The van der Waals surface area contributed by atoms with Crippen LogP contribution in [0.5, 0.6) is 17.2 Å². The van der Waals surface area contributed by atoms with Gasteiger partial charge >= 0.3 is 0 Å². The number of thioether (sulfide) groups is 1. The molecule has 0 saturated carbocycles. The monoisotopic (exact) mass is 705 g/mol. The Kier molecular flexibility index (Phi) is 10.9. The topological polar surface area (TPSA) is 123 Å². The van der Waals surface area contributed by atoms with Gasteiger partial charge in [-0.25, -0.2) is 4.90 Å². The van der Waals surface area contributed by atoms with Crippen molar-refractivity contribution in [2.45, 2.75) is 16.6 Å². The molecule has 1 saturated heterocycles. The van der Waals surface area contributed by atoms with Crippen LogP contribution in [0.25, 0.3) is 6.08 Å². The van der Waals surface area contributed by atoms with E-state index in [0.29, 0.717) is 49.7 Å². The Morgan fingerprint density at radius 3 is 2.29 bits per heavy atom. The Bertz CT molecular complexity index is 1920. The molecule has 4 amide bonds. The third-order valence-electron chi connectivity index (χ3n) is 7.20. The summed E-state index contributed by atoms with van der Waals surface area (Å²) in [5.74, 6) is -0.869. The van der Waals surface area contributed by atoms with Crippen molar-refractivity contribution in [3.05, 3.63) is 112 Å². The molecule has 1 aliphatic rings. The Morgan fingerprint density at radius 1 is 0.854 bits per heavy atom. The van der Waals surface area contributed by atoms with Crippen molar-refractivity contribution in [2.24, 2.45) is 0 Å². The average molecular weight is 707 g/mol. The summed E-state index contributed by atoms with van der Waals surface area (Å²) in [4.78, 5) is 54.7. The van der Waals surface area contributed by atoms with E-state index in [2.05, 4.69) is 10.6 Å². The second kappa shape index (κ2) is 15.3. The van der Waals surface area contributed by atoms with Crippen LogP contribution in [0.3, 0.4) is 0 Å². The van der Waals surface area contributed by atoms with Crippen LogP contribution in [0.15, 0.2) is 95.5 Å². The number of anilines is 2. The molecular formula is C35H29Cl2N3O7S. The van der Waals surface area contributed by atoms with Crippen molar-refractivity contribution >= 4 is 76.0 Å². The molecule has 0 radical (unpaired) electrons. The van der Waals surface area contributed by atoms with E-state index in [9.17, 15) is 19.2 Å². The number of hydrogen-bond donors (Lipinski definition) is 2. The number of hydrogen-bond acceptors (Lipinski definition) is 8. The second-order valence-corrected chi connectivity index (χ2v) is 12.4. The minimum atomic E-state index is -0.698. The molecule has 0 aliphatic carbocycles. The van der Waals surface area contributed by atoms with Gasteiger partial charge in [0.1, 0.15) is 5.70 Å². The van der Waals surface area contributed by atoms with Crippen molar-refractivity contribution in [1.29, 1.82) is 0 Å². The summed E-state index contributed by atoms with van der Waals surface area (Å²) in [6, 6.07) is 23.2. The lowest BCUT2D eigenvalue weighted by Gasteiger charge is -2.16. The Balaban J connectivity index is 1.39. The lowest BCUT2D eigenvalue weighted by Crippen LogP contribution is -2.31. The van der Waals surface area contributed by atoms with Gasteiger partial charge in [-0.2, -0.15) is 0 Å². The van der Waals surface area contributed by atoms with E-state index < -0.39 is 23.0 Å². The lowest BCUT2D eigenvalue weighted by atomic mass is 10.1. The molecule has 0 aromatic heterocycles. The summed E-state index contributed by atoms with van der Waals surface area (Å²) in [6.07, 6.45) is 1.45. The normalized spacial score (nSPS) is 14.5. The van der Waals surface area contributed by atoms with Crippen LogP contribution >= 0.6 is 35.0 Å². The molecule has 0 spiro atoms. The zero-order chi connectivity index (χ0) is 34.4. The van der Waals surface area contributed by atoms with Crippen molar-refractivity contribution in [3.8, 4) is 17.2 Å². The lowest BCUT2D eigenvalue weighted by molar-refractivity contribution is -0.121. The highest BCUT2D eigenvalue weighted by molar-refractivity contribution is 8.00. The van der Waals surface area contributed by atoms with E-state index in [1.54, 1.807) is 72.8 Å². The number of carbonyl (C=O) groups is 4. The average Bonchev–Trinajstić information content (AvgIpc) is 3.37. The molecular weight excluding hydrogens is 677 g/mol. The number of halogens is 2. The standard InChI is InChI=1S/C35H29Cl2N3O7S/c1-45-28-15-12-21(31(46-2)32(28)47-3)16-27(39-33(42)20-8-5-4-6-9-20)34(43)38-22-10-7-11-24(17-22)48-29-19-30(41)40(35(29)44)23-13-14-25(36)26(37)18-23/h4-18,29H,19H2,1-3H3,(H,38,43)(H,39,42)/b27-16-/t29-/m0/s1. The van der Waals surface area contributed by atoms with Crippen LogP contribution < -0.4 is 29.7 Å². The van der Waals surface area contributed by atoms with Gasteiger partial charge in [0.2, 0.25) is 17.6 Å². The van der Waals surface area contributed by atoms with Crippen LogP contribution in [-0.2, 0) is 14.4 Å². The Morgan fingerprint density at radius 2 is 1.60 bits per heavy atom. The number of amides is 4. The summed E-state index contributed by atoms with van der Waals surface area (Å²) >= 11 is 13.3. The quantitative estimate of drug-likeness (QED) is 0.128. The largest absolute Gasteiger partial charge is 0.493 e. The van der Waals surface area contributed by atoms with Gasteiger partial charge in [-0.05, 0) is 66.7 Å². The third-order valence-corrected chi connectivity index (χ3v) is 9.12. The molecule has 13 heteroatoms. The van der Waals surface area contributed by atoms with E-state index in [-0.39, 0.29) is 23.0 Å². The van der Waals surface area contributed by atoms with Gasteiger partial charge in [-0.1, -0.05) is 47.5 Å². The Hall–Kier alpha value is -4.97. The number of nitrogens with one attached hydrogen (secondary N) is 2. The predicted molar refractivity (Wildman–Crippen MR) is 186 cm³/mol. The van der Waals surface area contributed by atoms with Gasteiger partial charge < -0.3 is 24.8 Å². The molecule has 5 rings (SSSR count). The highest BCUT2D eigenvalue weighted by Gasteiger charge is 2.40. The summed E-state index contributed by atoms with van der Waals surface area (Å²) in [7, 11) is 4.40. The molecule has 1 aliphatic heterocycles. The molecule has 1 heterocycles. The molecule has 246 valence electrons. The molecule has 2 N–H and O–H groups in total. The van der Waals surface area contributed by atoms with Crippen molar-refractivity contribution < 1.29 is 33.4 Å². The molecule has 0 bridgehead atoms. The van der Waals surface area contributed by atoms with Crippen molar-refractivity contribution in [1.82, 2.24) is 5.32 Å². The van der Waals surface area contributed by atoms with E-state index in [0.717, 1.165) is 4.90 Å². The van der Waals surface area contributed by atoms with Crippen LogP contribution in [0.4, 0.5) is 11.4 Å². The first-order valence-corrected chi connectivity index (χ1v) is 16.0. The highest BCUT2D eigenvalue weighted by atomic mass is 35.5. The zero-order valence-corrected chi connectivity index (χ0v) is 28.2. The number of methoxy groups -OCH3 is 3. The maximum Gasteiger partial charge on any atom is 0.272 e. The number of rotatable bonds is 11. The van der Waals surface area contributed by atoms with Gasteiger partial charge in [-0.3, -0.25) is 19.2 Å². The van der Waals surface area contributed by atoms with Crippen LogP contribution in [0, 0.1) is 0 Å². The van der Waals surface area contributed by atoms with E-state index in [4.69, 9.17) is 37.4 Å². The maximum atomic E-state index is 13.7. The summed E-state index contributed by atoms with van der Waals surface area (Å²) in [5, 5.41) is 5.36. The molecule has 4 aromatic rings. The fraction of sp³-hybridized carbons (Fsp3) is 0.143. The number of carbonyl (C=O) groups excluding carboxylic acids is 4. The minimum absolute atomic E-state index is 0.0219. The van der Waals surface area contributed by atoms with Crippen LogP contribution in [0.2, 0.25) is 10.0 Å². The van der Waals surface area contributed by atoms with E-state index >= 15 is 0 Å². The third kappa shape index (κ3) is 7.60. The molecule has 1 fully saturated rings. The summed E-state index contributed by atoms with van der Waals surface area (Å²) < 4.78 is 16.4. The fourth-order valence-corrected chi connectivity index (χ4v) is 6.34. The summed E-state index contributed by atoms with van der Waals surface area (Å²) in [6.45, 7) is 0. The van der Waals surface area contributed by atoms with Gasteiger partial charge in [0.25, 0.3) is 11.8 Å². The van der Waals surface area contributed by atoms with Gasteiger partial charge in [0.05, 0.1) is 42.3 Å². The van der Waals surface area contributed by atoms with E-state index in [1.807, 2.05) is 0 Å². The maximum absolute atomic E-state index is 13.7. The van der Waals surface area contributed by atoms with Gasteiger partial charge in [-0.15, -0.1) is 11.8 Å². The SMILES string of the molecule is COc1ccc(/C=C(\NC(=O)c2ccccc2)C(=O)Nc2cccc(S[C@H]3CC(=O)N(c4ccc(Cl)c(Cl)c4)C3=O)c2)c(OC)c1OC. The van der Waals surface area contributed by atoms with Crippen molar-refractivity contribution in [2.75, 3.05) is 31.5 Å². The fourth-order valence-electron chi connectivity index (χ4n) is 4.94. The number of nitrogens with zero attached hydrogens (tertiary/aromatic N) is 1. The number of imide groups is 1. The first-order valence-electron chi connectivity index (χ1n) is 14.4. The molecule has 10 nitrogen and oxygen atoms in total. The molecule has 0 unspecified atom stereocenters. The second-order valence-electron chi connectivity index (χ2n) is 10.3. The number of ether oxygens (including phenoxy) is 3. The number of benzene rings is 4. The van der Waals surface area contributed by atoms with Crippen molar-refractivity contribution in [3.63, 3.8) is 0 Å². The Labute approximate surface area is 290 Å². The molecule has 4 aromatic carbocycles. The summed E-state index contributed by atoms with van der Waals surface area (Å²) in [5.41, 5.74) is 1.43. The molecule has 48 heavy (non-hydrogen) atoms. The van der Waals surface area contributed by atoms with Crippen LogP contribution in [-0.4, -0.2) is 50.2 Å². The minimum Gasteiger partial charge on any atom is -0.493 e. The van der Waals surface area contributed by atoms with Gasteiger partial charge in [0.15, 0.2) is 11.5 Å². The predicted octanol–water partition coefficient (Wildman–Crippen LogP) is 6.85. The highest BCUT2D eigenvalue weighted by Crippen LogP contribution is 2.41. The van der Waals surface area contributed by atoms with Crippen LogP contribution in [0.1, 0.15) is 22.3 Å². The van der Waals surface area contributed by atoms with E-state index in [1.165, 1.54) is 51.3 Å². The molecule has 1 atom stereocenters. The first kappa shape index (κ1) is 34.4. The zero-order valence-electron chi connectivity index (χ0n) is 25.9.